The number of benzene rings is 1. The average Bonchev–Trinajstić information content (AvgIpc) is 3.18. The number of sulfone groups is 1. The number of rotatable bonds is 2. The summed E-state index contributed by atoms with van der Waals surface area (Å²) in [5.41, 5.74) is 2.26. The van der Waals surface area contributed by atoms with Crippen LogP contribution in [0.1, 0.15) is 0 Å². The Balaban J connectivity index is 1.40. The predicted molar refractivity (Wildman–Crippen MR) is 102 cm³/mol. The first-order valence-electron chi connectivity index (χ1n) is 9.01. The molecule has 1 aromatic carbocycles. The standard InChI is InChI=1S/C18H20N4O4S/c23-14-10-27(24,25)9-13(14)21-5-7-22(8-6-21)18-17-16(19-11-20-18)12-3-1-2-4-15(12)26-17/h1-4,11,13-14,23H,5-10H2/t13-,14+/m1/s1. The third-order valence-electron chi connectivity index (χ3n) is 5.52. The van der Waals surface area contributed by atoms with E-state index in [1.165, 1.54) is 0 Å². The van der Waals surface area contributed by atoms with E-state index in [-0.39, 0.29) is 17.5 Å². The number of piperazine rings is 1. The minimum absolute atomic E-state index is 0.0372. The van der Waals surface area contributed by atoms with Crippen molar-refractivity contribution in [1.82, 2.24) is 14.9 Å². The molecule has 9 heteroatoms. The molecular formula is C18H20N4O4S. The van der Waals surface area contributed by atoms with Crippen molar-refractivity contribution in [1.29, 1.82) is 0 Å². The molecule has 0 amide bonds. The normalized spacial score (nSPS) is 26.2. The molecule has 5 rings (SSSR count). The highest BCUT2D eigenvalue weighted by atomic mass is 32.2. The van der Waals surface area contributed by atoms with Crippen LogP contribution in [0.3, 0.4) is 0 Å². The van der Waals surface area contributed by atoms with Crippen molar-refractivity contribution in [3.8, 4) is 0 Å². The summed E-state index contributed by atoms with van der Waals surface area (Å²) in [6.45, 7) is 2.71. The Bertz CT molecular complexity index is 1100. The van der Waals surface area contributed by atoms with Gasteiger partial charge in [0.05, 0.1) is 23.7 Å². The van der Waals surface area contributed by atoms with Crippen LogP contribution in [-0.2, 0) is 9.84 Å². The number of para-hydroxylation sites is 1. The Labute approximate surface area is 156 Å². The van der Waals surface area contributed by atoms with Gasteiger partial charge in [0, 0.05) is 31.6 Å². The van der Waals surface area contributed by atoms with Gasteiger partial charge in [0.25, 0.3) is 0 Å². The molecule has 2 aliphatic heterocycles. The van der Waals surface area contributed by atoms with E-state index in [9.17, 15) is 13.5 Å². The van der Waals surface area contributed by atoms with E-state index in [0.29, 0.717) is 31.8 Å². The van der Waals surface area contributed by atoms with Gasteiger partial charge in [-0.3, -0.25) is 4.90 Å². The van der Waals surface area contributed by atoms with E-state index in [2.05, 4.69) is 19.8 Å². The first kappa shape index (κ1) is 16.9. The molecule has 2 atom stereocenters. The van der Waals surface area contributed by atoms with Crippen molar-refractivity contribution in [2.24, 2.45) is 0 Å². The summed E-state index contributed by atoms with van der Waals surface area (Å²) in [4.78, 5) is 13.0. The molecule has 0 bridgehead atoms. The number of aliphatic hydroxyl groups excluding tert-OH is 1. The number of fused-ring (bicyclic) bond motifs is 3. The molecule has 4 heterocycles. The van der Waals surface area contributed by atoms with E-state index in [0.717, 1.165) is 22.3 Å². The third kappa shape index (κ3) is 2.86. The molecule has 0 unspecified atom stereocenters. The SMILES string of the molecule is O=S1(=O)C[C@@H](N2CCN(c3ncnc4c3oc3ccccc34)CC2)[C@@H](O)C1. The maximum Gasteiger partial charge on any atom is 0.196 e. The van der Waals surface area contributed by atoms with Gasteiger partial charge in [-0.25, -0.2) is 18.4 Å². The maximum atomic E-state index is 11.8. The lowest BCUT2D eigenvalue weighted by Crippen LogP contribution is -2.53. The number of aliphatic hydroxyl groups is 1. The van der Waals surface area contributed by atoms with Crippen LogP contribution in [-0.4, -0.2) is 78.2 Å². The van der Waals surface area contributed by atoms with Crippen molar-refractivity contribution in [2.45, 2.75) is 12.1 Å². The fourth-order valence-electron chi connectivity index (χ4n) is 4.16. The highest BCUT2D eigenvalue weighted by Gasteiger charge is 2.41. The number of nitrogens with zero attached hydrogens (tertiary/aromatic N) is 4. The van der Waals surface area contributed by atoms with Crippen LogP contribution >= 0.6 is 0 Å². The lowest BCUT2D eigenvalue weighted by molar-refractivity contribution is 0.0792. The Morgan fingerprint density at radius 2 is 1.85 bits per heavy atom. The van der Waals surface area contributed by atoms with Crippen LogP contribution in [0.2, 0.25) is 0 Å². The number of aromatic nitrogens is 2. The lowest BCUT2D eigenvalue weighted by Gasteiger charge is -2.38. The quantitative estimate of drug-likeness (QED) is 0.683. The van der Waals surface area contributed by atoms with Crippen LogP contribution in [0, 0.1) is 0 Å². The van der Waals surface area contributed by atoms with Crippen LogP contribution in [0.25, 0.3) is 22.1 Å². The maximum absolute atomic E-state index is 11.8. The van der Waals surface area contributed by atoms with Crippen molar-refractivity contribution in [3.63, 3.8) is 0 Å². The average molecular weight is 388 g/mol. The van der Waals surface area contributed by atoms with Crippen LogP contribution in [0.15, 0.2) is 35.0 Å². The Morgan fingerprint density at radius 3 is 2.59 bits per heavy atom. The molecule has 1 N–H and O–H groups in total. The second-order valence-electron chi connectivity index (χ2n) is 7.21. The number of anilines is 1. The summed E-state index contributed by atoms with van der Waals surface area (Å²) in [5.74, 6) is 0.661. The van der Waals surface area contributed by atoms with Gasteiger partial charge in [0.15, 0.2) is 21.2 Å². The fourth-order valence-corrected chi connectivity index (χ4v) is 5.99. The molecule has 3 aromatic rings. The molecular weight excluding hydrogens is 368 g/mol. The first-order valence-corrected chi connectivity index (χ1v) is 10.8. The minimum Gasteiger partial charge on any atom is -0.450 e. The van der Waals surface area contributed by atoms with E-state index >= 15 is 0 Å². The van der Waals surface area contributed by atoms with E-state index in [1.807, 2.05) is 24.3 Å². The van der Waals surface area contributed by atoms with Crippen molar-refractivity contribution in [3.05, 3.63) is 30.6 Å². The Morgan fingerprint density at radius 1 is 1.07 bits per heavy atom. The molecule has 2 aliphatic rings. The number of hydrogen-bond donors (Lipinski definition) is 1. The predicted octanol–water partition coefficient (Wildman–Crippen LogP) is 0.656. The summed E-state index contributed by atoms with van der Waals surface area (Å²) in [5, 5.41) is 11.1. The molecule has 0 radical (unpaired) electrons. The molecule has 2 aromatic heterocycles. The topological polar surface area (TPSA) is 99.8 Å². The largest absolute Gasteiger partial charge is 0.450 e. The third-order valence-corrected chi connectivity index (χ3v) is 7.21. The van der Waals surface area contributed by atoms with Gasteiger partial charge in [-0.1, -0.05) is 12.1 Å². The van der Waals surface area contributed by atoms with Crippen LogP contribution in [0.4, 0.5) is 5.82 Å². The van der Waals surface area contributed by atoms with Gasteiger partial charge in [-0.05, 0) is 12.1 Å². The summed E-state index contributed by atoms with van der Waals surface area (Å²) < 4.78 is 29.6. The molecule has 2 fully saturated rings. The zero-order chi connectivity index (χ0) is 18.6. The summed E-state index contributed by atoms with van der Waals surface area (Å²) in [7, 11) is -3.14. The second-order valence-corrected chi connectivity index (χ2v) is 9.36. The molecule has 8 nitrogen and oxygen atoms in total. The summed E-state index contributed by atoms with van der Waals surface area (Å²) >= 11 is 0. The van der Waals surface area contributed by atoms with Gasteiger partial charge >= 0.3 is 0 Å². The summed E-state index contributed by atoms with van der Waals surface area (Å²) in [6.07, 6.45) is 0.752. The van der Waals surface area contributed by atoms with Gasteiger partial charge in [-0.15, -0.1) is 0 Å². The van der Waals surface area contributed by atoms with E-state index in [1.54, 1.807) is 6.33 Å². The molecule has 2 saturated heterocycles. The van der Waals surface area contributed by atoms with Crippen molar-refractivity contribution in [2.75, 3.05) is 42.6 Å². The monoisotopic (exact) mass is 388 g/mol. The van der Waals surface area contributed by atoms with Crippen molar-refractivity contribution >= 4 is 37.7 Å². The zero-order valence-electron chi connectivity index (χ0n) is 14.7. The van der Waals surface area contributed by atoms with Crippen LogP contribution < -0.4 is 4.90 Å². The Hall–Kier alpha value is -2.23. The van der Waals surface area contributed by atoms with E-state index in [4.69, 9.17) is 4.42 Å². The van der Waals surface area contributed by atoms with E-state index < -0.39 is 15.9 Å². The fraction of sp³-hybridized carbons (Fsp3) is 0.444. The molecule has 27 heavy (non-hydrogen) atoms. The van der Waals surface area contributed by atoms with Crippen LogP contribution in [0.5, 0.6) is 0 Å². The molecule has 0 spiro atoms. The van der Waals surface area contributed by atoms with Gasteiger partial charge in [0.1, 0.15) is 17.4 Å². The van der Waals surface area contributed by atoms with Gasteiger partial charge < -0.3 is 14.4 Å². The number of hydrogen-bond acceptors (Lipinski definition) is 8. The second kappa shape index (κ2) is 6.15. The Kier molecular flexibility index (Phi) is 3.85. The zero-order valence-corrected chi connectivity index (χ0v) is 15.5. The molecule has 0 aliphatic carbocycles. The van der Waals surface area contributed by atoms with Crippen molar-refractivity contribution < 1.29 is 17.9 Å². The van der Waals surface area contributed by atoms with Gasteiger partial charge in [-0.2, -0.15) is 0 Å². The smallest absolute Gasteiger partial charge is 0.196 e. The highest BCUT2D eigenvalue weighted by Crippen LogP contribution is 2.32. The van der Waals surface area contributed by atoms with Gasteiger partial charge in [0.2, 0.25) is 0 Å². The molecule has 142 valence electrons. The lowest BCUT2D eigenvalue weighted by atomic mass is 10.1. The number of furan rings is 1. The first-order chi connectivity index (χ1) is 13.0. The molecule has 0 saturated carbocycles. The highest BCUT2D eigenvalue weighted by molar-refractivity contribution is 7.91. The summed E-state index contributed by atoms with van der Waals surface area (Å²) in [6, 6.07) is 7.48. The minimum atomic E-state index is -3.14.